The Morgan fingerprint density at radius 1 is 1.23 bits per heavy atom. The van der Waals surface area contributed by atoms with Crippen molar-refractivity contribution in [1.29, 1.82) is 0 Å². The van der Waals surface area contributed by atoms with Gasteiger partial charge in [0.15, 0.2) is 11.5 Å². The fraction of sp³-hybridized carbons (Fsp3) is 0.562. The summed E-state index contributed by atoms with van der Waals surface area (Å²) in [7, 11) is 0. The summed E-state index contributed by atoms with van der Waals surface area (Å²) < 4.78 is 16.1. The lowest BCUT2D eigenvalue weighted by molar-refractivity contribution is -0.907. The number of carbonyl (C=O) groups excluding carboxylic acids is 1. The van der Waals surface area contributed by atoms with Crippen molar-refractivity contribution in [1.82, 2.24) is 0 Å². The molecule has 3 rings (SSSR count). The number of ether oxygens (including phenoxy) is 3. The van der Waals surface area contributed by atoms with E-state index >= 15 is 0 Å². The van der Waals surface area contributed by atoms with Gasteiger partial charge in [-0.05, 0) is 44.4 Å². The summed E-state index contributed by atoms with van der Waals surface area (Å²) in [6.45, 7) is 5.43. The first kappa shape index (κ1) is 16.9. The quantitative estimate of drug-likeness (QED) is 0.652. The van der Waals surface area contributed by atoms with Crippen LogP contribution in [0.15, 0.2) is 18.2 Å². The Kier molecular flexibility index (Phi) is 5.91. The Morgan fingerprint density at radius 3 is 2.73 bits per heavy atom. The molecule has 0 aromatic heterocycles. The number of fused-ring (bicyclic) bond motifs is 1. The molecule has 0 aliphatic carbocycles. The second-order valence-corrected chi connectivity index (χ2v) is 5.80. The monoisotopic (exact) mass is 327 g/mol. The molecule has 2 aliphatic rings. The van der Waals surface area contributed by atoms with Crippen molar-refractivity contribution in [2.45, 2.75) is 32.3 Å². The maximum atomic E-state index is 12.2. The van der Waals surface area contributed by atoms with Crippen LogP contribution in [-0.2, 0) is 4.74 Å². The van der Waals surface area contributed by atoms with E-state index in [1.54, 1.807) is 18.2 Å². The molecule has 5 nitrogen and oxygen atoms in total. The van der Waals surface area contributed by atoms with Crippen LogP contribution in [0.5, 0.6) is 11.5 Å². The minimum absolute atomic E-state index is 0. The number of rotatable bonds is 4. The van der Waals surface area contributed by atoms with Gasteiger partial charge in [0.2, 0.25) is 6.79 Å². The number of hydrogen-bond donors (Lipinski definition) is 1. The summed E-state index contributed by atoms with van der Waals surface area (Å²) >= 11 is 0. The molecular weight excluding hydrogens is 306 g/mol. The van der Waals surface area contributed by atoms with Gasteiger partial charge in [-0.15, -0.1) is 0 Å². The normalized spacial score (nSPS) is 18.4. The highest BCUT2D eigenvalue weighted by atomic mass is 35.5. The van der Waals surface area contributed by atoms with Crippen LogP contribution >= 0.6 is 0 Å². The Labute approximate surface area is 136 Å². The van der Waals surface area contributed by atoms with Gasteiger partial charge in [0.1, 0.15) is 12.6 Å². The lowest BCUT2D eigenvalue weighted by Crippen LogP contribution is -3.13. The Balaban J connectivity index is 0.00000176. The second kappa shape index (κ2) is 7.70. The Morgan fingerprint density at radius 2 is 1.95 bits per heavy atom. The SMILES string of the molecule is CC(C[NH+]1CCCCC1)OC(=O)c1ccc2c(c1)OCO2.[Cl-]. The van der Waals surface area contributed by atoms with Crippen LogP contribution in [0, 0.1) is 0 Å². The van der Waals surface area contributed by atoms with Gasteiger partial charge in [-0.1, -0.05) is 0 Å². The van der Waals surface area contributed by atoms with Crippen molar-refractivity contribution in [2.75, 3.05) is 26.4 Å². The molecule has 22 heavy (non-hydrogen) atoms. The van der Waals surface area contributed by atoms with E-state index in [1.807, 2.05) is 6.92 Å². The van der Waals surface area contributed by atoms with E-state index < -0.39 is 0 Å². The van der Waals surface area contributed by atoms with Crippen LogP contribution in [0.1, 0.15) is 36.5 Å². The molecule has 122 valence electrons. The Hall–Kier alpha value is -1.46. The number of halogens is 1. The van der Waals surface area contributed by atoms with E-state index in [2.05, 4.69) is 0 Å². The highest BCUT2D eigenvalue weighted by Gasteiger charge is 2.21. The standard InChI is InChI=1S/C16H21NO4.ClH/c1-12(10-17-7-3-2-4-8-17)21-16(18)13-5-6-14-15(9-13)20-11-19-14;/h5-6,9,12H,2-4,7-8,10-11H2,1H3;1H. The summed E-state index contributed by atoms with van der Waals surface area (Å²) in [6.07, 6.45) is 3.81. The van der Waals surface area contributed by atoms with Crippen molar-refractivity contribution in [3.8, 4) is 11.5 Å². The van der Waals surface area contributed by atoms with Crippen molar-refractivity contribution >= 4 is 5.97 Å². The molecular formula is C16H22ClNO4. The van der Waals surface area contributed by atoms with Gasteiger partial charge in [0, 0.05) is 0 Å². The zero-order valence-electron chi connectivity index (χ0n) is 12.8. The van der Waals surface area contributed by atoms with Gasteiger partial charge in [-0.25, -0.2) is 4.79 Å². The highest BCUT2D eigenvalue weighted by molar-refractivity contribution is 5.90. The predicted molar refractivity (Wildman–Crippen MR) is 76.9 cm³/mol. The molecule has 1 aromatic carbocycles. The first-order valence-corrected chi connectivity index (χ1v) is 7.66. The average Bonchev–Trinajstić information content (AvgIpc) is 2.95. The van der Waals surface area contributed by atoms with Gasteiger partial charge >= 0.3 is 5.97 Å². The van der Waals surface area contributed by atoms with Crippen LogP contribution in [0.25, 0.3) is 0 Å². The molecule has 0 bridgehead atoms. The summed E-state index contributed by atoms with van der Waals surface area (Å²) in [6, 6.07) is 5.15. The lowest BCUT2D eigenvalue weighted by atomic mass is 10.1. The van der Waals surface area contributed by atoms with Crippen LogP contribution in [-0.4, -0.2) is 38.5 Å². The van der Waals surface area contributed by atoms with Gasteiger partial charge in [0.05, 0.1) is 18.7 Å². The van der Waals surface area contributed by atoms with Crippen LogP contribution in [0.2, 0.25) is 0 Å². The van der Waals surface area contributed by atoms with Crippen molar-refractivity contribution in [3.05, 3.63) is 23.8 Å². The number of piperidine rings is 1. The third-order valence-corrected chi connectivity index (χ3v) is 4.05. The van der Waals surface area contributed by atoms with E-state index in [0.29, 0.717) is 17.1 Å². The molecule has 1 fully saturated rings. The third kappa shape index (κ3) is 4.05. The van der Waals surface area contributed by atoms with E-state index in [0.717, 1.165) is 6.54 Å². The van der Waals surface area contributed by atoms with E-state index in [9.17, 15) is 4.79 Å². The second-order valence-electron chi connectivity index (χ2n) is 5.80. The fourth-order valence-corrected chi connectivity index (χ4v) is 2.98. The molecule has 1 saturated heterocycles. The number of hydrogen-bond acceptors (Lipinski definition) is 4. The molecule has 1 unspecified atom stereocenters. The summed E-state index contributed by atoms with van der Waals surface area (Å²) in [5, 5.41) is 0. The lowest BCUT2D eigenvalue weighted by Gasteiger charge is -2.26. The zero-order valence-corrected chi connectivity index (χ0v) is 13.5. The molecule has 1 N–H and O–H groups in total. The molecule has 2 heterocycles. The molecule has 0 spiro atoms. The number of carbonyl (C=O) groups is 1. The van der Waals surface area contributed by atoms with Crippen LogP contribution < -0.4 is 26.8 Å². The first-order valence-electron chi connectivity index (χ1n) is 7.66. The van der Waals surface area contributed by atoms with E-state index in [-0.39, 0.29) is 31.3 Å². The largest absolute Gasteiger partial charge is 1.00 e. The smallest absolute Gasteiger partial charge is 0.338 e. The summed E-state index contributed by atoms with van der Waals surface area (Å²) in [5.41, 5.74) is 0.514. The summed E-state index contributed by atoms with van der Waals surface area (Å²) in [4.78, 5) is 13.7. The fourth-order valence-electron chi connectivity index (χ4n) is 2.98. The maximum Gasteiger partial charge on any atom is 0.338 e. The summed E-state index contributed by atoms with van der Waals surface area (Å²) in [5.74, 6) is 0.994. The van der Waals surface area contributed by atoms with Crippen molar-refractivity contribution < 1.29 is 36.3 Å². The molecule has 1 atom stereocenters. The minimum Gasteiger partial charge on any atom is -1.00 e. The van der Waals surface area contributed by atoms with Crippen LogP contribution in [0.4, 0.5) is 0 Å². The first-order chi connectivity index (χ1) is 10.2. The molecule has 0 saturated carbocycles. The average molecular weight is 328 g/mol. The molecule has 1 aromatic rings. The van der Waals surface area contributed by atoms with Gasteiger partial charge in [0.25, 0.3) is 0 Å². The number of benzene rings is 1. The number of nitrogens with one attached hydrogen (secondary N) is 1. The minimum atomic E-state index is -0.294. The zero-order chi connectivity index (χ0) is 14.7. The maximum absolute atomic E-state index is 12.2. The molecule has 2 aliphatic heterocycles. The Bertz CT molecular complexity index is 517. The molecule has 0 radical (unpaired) electrons. The molecule has 0 amide bonds. The topological polar surface area (TPSA) is 49.2 Å². The van der Waals surface area contributed by atoms with Gasteiger partial charge < -0.3 is 31.5 Å². The van der Waals surface area contributed by atoms with E-state index in [4.69, 9.17) is 14.2 Å². The van der Waals surface area contributed by atoms with Crippen molar-refractivity contribution in [2.24, 2.45) is 0 Å². The van der Waals surface area contributed by atoms with E-state index in [1.165, 1.54) is 37.3 Å². The number of quaternary nitrogens is 1. The number of esters is 1. The van der Waals surface area contributed by atoms with Gasteiger partial charge in [-0.2, -0.15) is 0 Å². The molecule has 6 heteroatoms. The highest BCUT2D eigenvalue weighted by Crippen LogP contribution is 2.32. The van der Waals surface area contributed by atoms with Crippen LogP contribution in [0.3, 0.4) is 0 Å². The van der Waals surface area contributed by atoms with Gasteiger partial charge in [-0.3, -0.25) is 0 Å². The third-order valence-electron chi connectivity index (χ3n) is 4.05. The van der Waals surface area contributed by atoms with Crippen molar-refractivity contribution in [3.63, 3.8) is 0 Å². The number of likely N-dealkylation sites (tertiary alicyclic amines) is 1. The predicted octanol–water partition coefficient (Wildman–Crippen LogP) is -1.97.